The number of nitrogens with zero attached hydrogens (tertiary/aromatic N) is 3. The molecule has 4 amide bonds. The second-order valence-electron chi connectivity index (χ2n) is 8.69. The lowest BCUT2D eigenvalue weighted by atomic mass is 9.67. The summed E-state index contributed by atoms with van der Waals surface area (Å²) in [6.07, 6.45) is 5.13. The first-order chi connectivity index (χ1) is 14.8. The smallest absolute Gasteiger partial charge is 0.245 e. The minimum absolute atomic E-state index is 0.00298. The number of hydrogen-bond acceptors (Lipinski definition) is 6. The molecule has 3 aliphatic rings. The highest BCUT2D eigenvalue weighted by atomic mass is 32.1. The van der Waals surface area contributed by atoms with Gasteiger partial charge in [0.15, 0.2) is 0 Å². The van der Waals surface area contributed by atoms with Crippen molar-refractivity contribution in [3.63, 3.8) is 0 Å². The zero-order valence-electron chi connectivity index (χ0n) is 17.8. The molecule has 168 valence electrons. The van der Waals surface area contributed by atoms with Crippen molar-refractivity contribution in [3.8, 4) is 0 Å². The second-order valence-corrected chi connectivity index (χ2v) is 9.86. The Morgan fingerprint density at radius 3 is 2.61 bits per heavy atom. The zero-order chi connectivity index (χ0) is 22.2. The normalized spacial score (nSPS) is 22.3. The first kappa shape index (κ1) is 21.7. The van der Waals surface area contributed by atoms with Gasteiger partial charge in [0, 0.05) is 31.3 Å². The van der Waals surface area contributed by atoms with Crippen LogP contribution in [0.2, 0.25) is 0 Å². The molecule has 1 saturated heterocycles. The summed E-state index contributed by atoms with van der Waals surface area (Å²) in [7, 11) is 0. The molecule has 10 heteroatoms. The fourth-order valence-electron chi connectivity index (χ4n) is 4.73. The first-order valence-corrected chi connectivity index (χ1v) is 11.7. The van der Waals surface area contributed by atoms with Crippen LogP contribution in [0.5, 0.6) is 0 Å². The van der Waals surface area contributed by atoms with Gasteiger partial charge in [-0.1, -0.05) is 6.42 Å². The molecule has 0 aromatic carbocycles. The van der Waals surface area contributed by atoms with Crippen LogP contribution in [0.25, 0.3) is 0 Å². The van der Waals surface area contributed by atoms with Gasteiger partial charge in [-0.2, -0.15) is 0 Å². The van der Waals surface area contributed by atoms with Crippen molar-refractivity contribution in [1.82, 2.24) is 20.1 Å². The van der Waals surface area contributed by atoms with Crippen molar-refractivity contribution in [2.75, 3.05) is 13.1 Å². The van der Waals surface area contributed by atoms with E-state index < -0.39 is 11.3 Å². The highest BCUT2D eigenvalue weighted by Gasteiger charge is 2.49. The Morgan fingerprint density at radius 1 is 1.19 bits per heavy atom. The molecule has 1 unspecified atom stereocenters. The summed E-state index contributed by atoms with van der Waals surface area (Å²) in [5, 5.41) is 3.58. The van der Waals surface area contributed by atoms with Gasteiger partial charge in [-0.3, -0.25) is 19.2 Å². The minimum atomic E-state index is -1.07. The third-order valence-corrected chi connectivity index (χ3v) is 7.95. The average Bonchev–Trinajstić information content (AvgIpc) is 3.12. The molecule has 4 rings (SSSR count). The number of aromatic nitrogens is 1. The van der Waals surface area contributed by atoms with Gasteiger partial charge in [0.1, 0.15) is 16.5 Å². The Kier molecular flexibility index (Phi) is 6.00. The summed E-state index contributed by atoms with van der Waals surface area (Å²) in [5.41, 5.74) is 5.23. The van der Waals surface area contributed by atoms with E-state index in [0.29, 0.717) is 45.3 Å². The molecule has 3 N–H and O–H groups in total. The molecule has 0 spiro atoms. The van der Waals surface area contributed by atoms with Crippen molar-refractivity contribution in [3.05, 3.63) is 15.6 Å². The van der Waals surface area contributed by atoms with E-state index in [2.05, 4.69) is 10.3 Å². The number of thiazole rings is 1. The van der Waals surface area contributed by atoms with Crippen LogP contribution in [-0.4, -0.2) is 57.5 Å². The van der Waals surface area contributed by atoms with E-state index in [1.165, 1.54) is 18.3 Å². The van der Waals surface area contributed by atoms with Crippen molar-refractivity contribution in [1.29, 1.82) is 0 Å². The van der Waals surface area contributed by atoms with Crippen LogP contribution < -0.4 is 11.1 Å². The number of rotatable bonds is 5. The van der Waals surface area contributed by atoms with Gasteiger partial charge in [-0.15, -0.1) is 11.3 Å². The lowest BCUT2D eigenvalue weighted by Crippen LogP contribution is -2.53. The molecule has 9 nitrogen and oxygen atoms in total. The molecule has 2 aliphatic heterocycles. The average molecular weight is 448 g/mol. The Morgan fingerprint density at radius 2 is 1.97 bits per heavy atom. The quantitative estimate of drug-likeness (QED) is 0.643. The number of hydrogen-bond donors (Lipinski definition) is 2. The highest BCUT2D eigenvalue weighted by Crippen LogP contribution is 2.41. The Hall–Kier alpha value is -2.49. The summed E-state index contributed by atoms with van der Waals surface area (Å²) >= 11 is 1.53. The Bertz CT molecular complexity index is 910. The molecule has 1 atom stereocenters. The number of nitrogens with one attached hydrogen (secondary N) is 1. The molecule has 1 aromatic heterocycles. The van der Waals surface area contributed by atoms with Crippen LogP contribution in [0.15, 0.2) is 0 Å². The van der Waals surface area contributed by atoms with Gasteiger partial charge in [0.25, 0.3) is 0 Å². The molecule has 2 fully saturated rings. The number of nitrogens with two attached hydrogens (primary N) is 1. The lowest BCUT2D eigenvalue weighted by Gasteiger charge is -2.38. The summed E-state index contributed by atoms with van der Waals surface area (Å²) in [6.45, 7) is 3.43. The third kappa shape index (κ3) is 4.05. The standard InChI is InChI=1S/C21H29N5O4S/c1-13(27)26-9-3-2-5-15(26)18(28)25-10-6-16-14(12-25)24-17(31-16)11-23-20(30)21(19(22)29)7-4-8-21/h15H,2-12H2,1H3,(H2,22,29)(H,23,30). The Labute approximate surface area is 185 Å². The molecule has 1 saturated carbocycles. The molecule has 0 radical (unpaired) electrons. The van der Waals surface area contributed by atoms with E-state index in [4.69, 9.17) is 5.73 Å². The molecule has 31 heavy (non-hydrogen) atoms. The molecule has 1 aromatic rings. The molecule has 0 bridgehead atoms. The number of piperidine rings is 1. The number of amides is 4. The molecule has 1 aliphatic carbocycles. The lowest BCUT2D eigenvalue weighted by molar-refractivity contribution is -0.147. The number of carbonyl (C=O) groups is 4. The topological polar surface area (TPSA) is 126 Å². The number of likely N-dealkylation sites (tertiary alicyclic amines) is 1. The van der Waals surface area contributed by atoms with Crippen molar-refractivity contribution in [2.24, 2.45) is 11.1 Å². The summed E-state index contributed by atoms with van der Waals surface area (Å²) in [4.78, 5) is 58.5. The van der Waals surface area contributed by atoms with E-state index >= 15 is 0 Å². The largest absolute Gasteiger partial charge is 0.369 e. The Balaban J connectivity index is 1.38. The van der Waals surface area contributed by atoms with E-state index in [9.17, 15) is 19.2 Å². The van der Waals surface area contributed by atoms with Crippen molar-refractivity contribution < 1.29 is 19.2 Å². The fourth-order valence-corrected chi connectivity index (χ4v) is 5.74. The van der Waals surface area contributed by atoms with Gasteiger partial charge < -0.3 is 20.9 Å². The van der Waals surface area contributed by atoms with Gasteiger partial charge in [0.05, 0.1) is 18.8 Å². The predicted molar refractivity (Wildman–Crippen MR) is 114 cm³/mol. The molecule has 3 heterocycles. The number of carbonyl (C=O) groups excluding carboxylic acids is 4. The van der Waals surface area contributed by atoms with Crippen LogP contribution in [0, 0.1) is 5.41 Å². The maximum absolute atomic E-state index is 13.1. The zero-order valence-corrected chi connectivity index (χ0v) is 18.6. The van der Waals surface area contributed by atoms with Gasteiger partial charge in [0.2, 0.25) is 23.6 Å². The van der Waals surface area contributed by atoms with E-state index in [0.717, 1.165) is 34.8 Å². The molecular formula is C21H29N5O4S. The van der Waals surface area contributed by atoms with Crippen LogP contribution in [-0.2, 0) is 38.7 Å². The SMILES string of the molecule is CC(=O)N1CCCCC1C(=O)N1CCc2sc(CNC(=O)C3(C(N)=O)CCC3)nc2C1. The number of primary amides is 1. The third-order valence-electron chi connectivity index (χ3n) is 6.79. The maximum Gasteiger partial charge on any atom is 0.245 e. The summed E-state index contributed by atoms with van der Waals surface area (Å²) in [6, 6.07) is -0.377. The number of fused-ring (bicyclic) bond motifs is 1. The van der Waals surface area contributed by atoms with Gasteiger partial charge >= 0.3 is 0 Å². The van der Waals surface area contributed by atoms with E-state index in [-0.39, 0.29) is 30.3 Å². The summed E-state index contributed by atoms with van der Waals surface area (Å²) < 4.78 is 0. The fraction of sp³-hybridized carbons (Fsp3) is 0.667. The van der Waals surface area contributed by atoms with Crippen molar-refractivity contribution in [2.45, 2.75) is 71.0 Å². The minimum Gasteiger partial charge on any atom is -0.369 e. The monoisotopic (exact) mass is 447 g/mol. The van der Waals surface area contributed by atoms with E-state index in [1.807, 2.05) is 0 Å². The van der Waals surface area contributed by atoms with E-state index in [1.54, 1.807) is 9.80 Å². The highest BCUT2D eigenvalue weighted by molar-refractivity contribution is 7.11. The van der Waals surface area contributed by atoms with Crippen LogP contribution >= 0.6 is 11.3 Å². The first-order valence-electron chi connectivity index (χ1n) is 10.9. The van der Waals surface area contributed by atoms with Gasteiger partial charge in [-0.25, -0.2) is 4.98 Å². The van der Waals surface area contributed by atoms with Crippen molar-refractivity contribution >= 4 is 35.0 Å². The predicted octanol–water partition coefficient (Wildman–Crippen LogP) is 0.701. The molecular weight excluding hydrogens is 418 g/mol. The summed E-state index contributed by atoms with van der Waals surface area (Å²) in [5.74, 6) is -0.941. The van der Waals surface area contributed by atoms with Crippen LogP contribution in [0.3, 0.4) is 0 Å². The van der Waals surface area contributed by atoms with Gasteiger partial charge in [-0.05, 0) is 32.1 Å². The van der Waals surface area contributed by atoms with Crippen LogP contribution in [0.1, 0.15) is 61.0 Å². The van der Waals surface area contributed by atoms with Crippen LogP contribution in [0.4, 0.5) is 0 Å². The maximum atomic E-state index is 13.1. The second kappa shape index (κ2) is 8.57.